The van der Waals surface area contributed by atoms with E-state index >= 15 is 0 Å². The summed E-state index contributed by atoms with van der Waals surface area (Å²) < 4.78 is 85.9. The molecule has 0 saturated carbocycles. The van der Waals surface area contributed by atoms with Crippen LogP contribution >= 0.6 is 46.4 Å². The average Bonchev–Trinajstić information content (AvgIpc) is 1.68. The van der Waals surface area contributed by atoms with Gasteiger partial charge in [-0.05, 0) is 199 Å². The largest absolute Gasteiger partial charge is 0.511 e. The Balaban J connectivity index is 0.000000167. The third-order valence-corrected chi connectivity index (χ3v) is 21.0. The van der Waals surface area contributed by atoms with Crippen LogP contribution in [0.1, 0.15) is 181 Å². The van der Waals surface area contributed by atoms with E-state index in [9.17, 15) is 56.1 Å². The van der Waals surface area contributed by atoms with Crippen LogP contribution < -0.4 is 16.1 Å². The number of nitrogen functional groups attached to an aromatic ring is 1. The normalized spacial score (nSPS) is 13.6. The summed E-state index contributed by atoms with van der Waals surface area (Å²) in [6, 6.07) is 31.5. The molecular weight excluding hydrogens is 1650 g/mol. The molecule has 14 rings (SSSR count). The Hall–Kier alpha value is -11.9. The molecule has 0 radical (unpaired) electrons. The maximum Gasteiger partial charge on any atom is 0.357 e. The van der Waals surface area contributed by atoms with Crippen LogP contribution in [0.2, 0.25) is 20.2 Å². The molecule has 2 aliphatic rings. The van der Waals surface area contributed by atoms with Gasteiger partial charge in [0.1, 0.15) is 52.0 Å². The molecule has 25 nitrogen and oxygen atoms in total. The molecule has 638 valence electrons. The molecule has 12 aromatic rings. The average molecular weight is 1740 g/mol. The number of hydrazone groups is 1. The number of methoxy groups -OCH3 is 1. The fraction of sp³-hybridized carbons (Fsp3) is 0.322. The van der Waals surface area contributed by atoms with Crippen LogP contribution in [-0.4, -0.2) is 126 Å². The van der Waals surface area contributed by atoms with Crippen molar-refractivity contribution in [3.63, 3.8) is 0 Å². The number of carbonyl (C=O) groups is 5. The van der Waals surface area contributed by atoms with E-state index in [0.29, 0.717) is 105 Å². The summed E-state index contributed by atoms with van der Waals surface area (Å²) in [4.78, 5) is 70.5. The van der Waals surface area contributed by atoms with E-state index in [0.717, 1.165) is 39.4 Å². The van der Waals surface area contributed by atoms with Crippen LogP contribution in [0.5, 0.6) is 0 Å². The molecular formula is C87H92Cl4F5N15O10. The standard InChI is InChI=1S/C18H17ClFN3O2.C17H15ClFN3O2.C16H14Cl2FN3.C16H18FN3O2.C12H14FN3.C8H14O4/c1-9(2)15-13-14(19)10(3)16(18(24)25-4)21-17(13)23(22-15)12-7-5-11(20)6-8-12;1-8(2)14-12-13(18)9(3)15(17(23)24)20-16(12)22(21-14)11-6-4-10(19)5-7-11;1-8(2)14-12-13(17)9(3)15(18)20-16(12)22(21-14)11-6-4-10(19)5-7-11;1-8(2)13-12-14(21)9(3)16(22)18-15(12)20(19-13)11-6-4-10(17)5-7-11;1-8(2)11-7-12(14)16(15-11)10-5-3-9(13)4-6-10;1-4-11-7(9)6(3)8(10)12-5-2/h5-9H,1-4H3;4-8H,1-3H3,(H,23,24);4-8H,1-3H3;4-8,12,15,21H,1-3H3,(H,18,22);3-8H,14H2,1-2H3;6H,4-5H2,1-3H3. The summed E-state index contributed by atoms with van der Waals surface area (Å²) in [6.07, 6.45) is -0.487. The molecule has 34 heteroatoms. The fourth-order valence-corrected chi connectivity index (χ4v) is 13.7. The van der Waals surface area contributed by atoms with Gasteiger partial charge in [0.2, 0.25) is 0 Å². The van der Waals surface area contributed by atoms with Crippen LogP contribution in [0.25, 0.3) is 55.8 Å². The van der Waals surface area contributed by atoms with Crippen molar-refractivity contribution in [1.29, 1.82) is 0 Å². The minimum atomic E-state index is -1.16. The first kappa shape index (κ1) is 93.0. The summed E-state index contributed by atoms with van der Waals surface area (Å²) in [6.45, 7) is 32.3. The number of benzene rings is 5. The second-order valence-electron chi connectivity index (χ2n) is 29.5. The van der Waals surface area contributed by atoms with Gasteiger partial charge in [-0.3, -0.25) is 14.4 Å². The number of amides is 1. The van der Waals surface area contributed by atoms with Gasteiger partial charge in [0.25, 0.3) is 5.91 Å². The van der Waals surface area contributed by atoms with Gasteiger partial charge in [-0.1, -0.05) is 116 Å². The minimum Gasteiger partial charge on any atom is -0.511 e. The number of carboxylic acids is 1. The molecule has 5 aromatic carbocycles. The van der Waals surface area contributed by atoms with E-state index in [-0.39, 0.29) is 94.9 Å². The summed E-state index contributed by atoms with van der Waals surface area (Å²) in [7, 11) is 1.29. The number of esters is 3. The van der Waals surface area contributed by atoms with Gasteiger partial charge in [-0.15, -0.1) is 0 Å². The number of nitrogens with two attached hydrogens (primary N) is 1. The lowest BCUT2D eigenvalue weighted by atomic mass is 9.87. The quantitative estimate of drug-likeness (QED) is 0.0230. The molecule has 2 unspecified atom stereocenters. The van der Waals surface area contributed by atoms with Gasteiger partial charge < -0.3 is 35.5 Å². The molecule has 1 amide bonds. The third kappa shape index (κ3) is 20.8. The van der Waals surface area contributed by atoms with Gasteiger partial charge in [0.15, 0.2) is 34.2 Å². The van der Waals surface area contributed by atoms with Gasteiger partial charge in [-0.25, -0.2) is 70.2 Å². The van der Waals surface area contributed by atoms with Gasteiger partial charge in [-0.2, -0.15) is 25.5 Å². The predicted molar refractivity (Wildman–Crippen MR) is 458 cm³/mol. The number of aliphatic hydroxyl groups excluding tert-OH is 1. The lowest BCUT2D eigenvalue weighted by molar-refractivity contribution is -0.160. The number of aliphatic hydroxyl groups is 1. The number of hydrogen-bond donors (Lipinski definition) is 4. The minimum absolute atomic E-state index is 0.0589. The van der Waals surface area contributed by atoms with Crippen molar-refractivity contribution in [2.75, 3.05) is 31.1 Å². The summed E-state index contributed by atoms with van der Waals surface area (Å²) >= 11 is 25.6. The lowest BCUT2D eigenvalue weighted by Gasteiger charge is -2.32. The zero-order valence-electron chi connectivity index (χ0n) is 69.6. The first-order chi connectivity index (χ1) is 57.2. The van der Waals surface area contributed by atoms with Crippen molar-refractivity contribution in [3.8, 4) is 22.7 Å². The Labute approximate surface area is 715 Å². The highest BCUT2D eigenvalue weighted by molar-refractivity contribution is 6.39. The predicted octanol–water partition coefficient (Wildman–Crippen LogP) is 20.1. The molecule has 0 fully saturated rings. The highest BCUT2D eigenvalue weighted by atomic mass is 35.5. The number of fused-ring (bicyclic) bond motifs is 4. The van der Waals surface area contributed by atoms with E-state index in [4.69, 9.17) is 56.9 Å². The smallest absolute Gasteiger partial charge is 0.357 e. The monoisotopic (exact) mass is 1740 g/mol. The van der Waals surface area contributed by atoms with E-state index < -0.39 is 36.0 Å². The second-order valence-corrected chi connectivity index (χ2v) is 31.0. The van der Waals surface area contributed by atoms with Crippen LogP contribution in [0.4, 0.5) is 33.5 Å². The van der Waals surface area contributed by atoms with Crippen molar-refractivity contribution < 1.29 is 70.3 Å². The Morgan fingerprint density at radius 2 is 0.843 bits per heavy atom. The topological polar surface area (TPSA) is 317 Å². The van der Waals surface area contributed by atoms with Crippen LogP contribution in [-0.2, 0) is 28.6 Å². The van der Waals surface area contributed by atoms with E-state index in [1.807, 2.05) is 68.4 Å². The molecule has 0 bridgehead atoms. The van der Waals surface area contributed by atoms with E-state index in [1.54, 1.807) is 114 Å². The molecule has 2 aliphatic heterocycles. The number of aromatic carboxylic acids is 1. The maximum atomic E-state index is 13.3. The number of hydrogen-bond acceptors (Lipinski definition) is 19. The van der Waals surface area contributed by atoms with Gasteiger partial charge >= 0.3 is 23.9 Å². The fourth-order valence-electron chi connectivity index (χ4n) is 12.6. The van der Waals surface area contributed by atoms with Crippen molar-refractivity contribution >= 4 is 127 Å². The number of ether oxygens (including phenoxy) is 3. The molecule has 0 spiro atoms. The number of aromatic nitrogens is 11. The van der Waals surface area contributed by atoms with Crippen molar-refractivity contribution in [2.45, 2.75) is 148 Å². The molecule has 9 heterocycles. The Morgan fingerprint density at radius 1 is 0.496 bits per heavy atom. The summed E-state index contributed by atoms with van der Waals surface area (Å²) in [5.74, 6) is -4.53. The Bertz CT molecular complexity index is 5860. The van der Waals surface area contributed by atoms with Crippen molar-refractivity contribution in [2.24, 2.45) is 22.9 Å². The Morgan fingerprint density at radius 3 is 1.18 bits per heavy atom. The maximum absolute atomic E-state index is 13.3. The zero-order valence-corrected chi connectivity index (χ0v) is 72.6. The SMILES string of the molecule is CC(C)c1cc(N)n(-c2ccc(F)cc2)n1.CC1=C(O)C2C(C(C)C)=NN(c3ccc(F)cc3)C2NC1=O.CCOC(=O)C(C)C(=O)OCC.COC(=O)c1nc2c(c(C(C)C)nn2-c2ccc(F)cc2)c(Cl)c1C.Cc1c(C(=O)O)nc2c(c(C(C)C)nn2-c2ccc(F)cc2)c1Cl.Cc1c(Cl)nc2c(c(C(C)C)nn2-c2ccc(F)cc2)c1Cl. The number of nitrogens with zero attached hydrogens (tertiary/aromatic N) is 13. The summed E-state index contributed by atoms with van der Waals surface area (Å²) in [5, 5.41) is 50.8. The number of anilines is 2. The van der Waals surface area contributed by atoms with Crippen LogP contribution in [0.15, 0.2) is 144 Å². The number of nitrogens with one attached hydrogen (secondary N) is 1. The van der Waals surface area contributed by atoms with Gasteiger partial charge in [0, 0.05) is 22.8 Å². The highest BCUT2D eigenvalue weighted by Gasteiger charge is 2.47. The van der Waals surface area contributed by atoms with Crippen LogP contribution in [0, 0.1) is 67.6 Å². The molecule has 2 atom stereocenters. The molecule has 7 aromatic heterocycles. The molecule has 5 N–H and O–H groups in total. The molecule has 0 aliphatic carbocycles. The number of carboxylic acid groups (broad SMARTS) is 1. The first-order valence-electron chi connectivity index (χ1n) is 38.5. The second kappa shape index (κ2) is 40.0. The molecule has 0 saturated heterocycles. The zero-order chi connectivity index (χ0) is 89.2. The highest BCUT2D eigenvalue weighted by Crippen LogP contribution is 2.41. The van der Waals surface area contributed by atoms with Crippen molar-refractivity contribution in [3.05, 3.63) is 239 Å². The molecule has 121 heavy (non-hydrogen) atoms. The number of carbonyl (C=O) groups excluding carboxylic acids is 4. The third-order valence-electron chi connectivity index (χ3n) is 19.2. The van der Waals surface area contributed by atoms with E-state index in [1.165, 1.54) is 79.4 Å². The first-order valence-corrected chi connectivity index (χ1v) is 40.0. The van der Waals surface area contributed by atoms with Crippen LogP contribution in [0.3, 0.4) is 0 Å². The van der Waals surface area contributed by atoms with Gasteiger partial charge in [0.05, 0.1) is 120 Å². The van der Waals surface area contributed by atoms with E-state index in [2.05, 4.69) is 69.1 Å². The van der Waals surface area contributed by atoms with Crippen molar-refractivity contribution in [1.82, 2.24) is 59.4 Å². The lowest BCUT2D eigenvalue weighted by Crippen LogP contribution is -2.53. The number of rotatable bonds is 16. The number of halogens is 9. The Kier molecular flexibility index (Phi) is 30.8. The summed E-state index contributed by atoms with van der Waals surface area (Å²) in [5.41, 5.74) is 16.6. The number of pyridine rings is 3.